The highest BCUT2D eigenvalue weighted by molar-refractivity contribution is 8.00. The Bertz CT molecular complexity index is 849. The number of thioether (sulfide) groups is 1. The Kier molecular flexibility index (Phi) is 4.15. The summed E-state index contributed by atoms with van der Waals surface area (Å²) in [4.78, 5) is 4.41. The number of hydrogen-bond donors (Lipinski definition) is 1. The lowest BCUT2D eigenvalue weighted by molar-refractivity contribution is -0.145. The van der Waals surface area contributed by atoms with Crippen molar-refractivity contribution in [2.24, 2.45) is 0 Å². The highest BCUT2D eigenvalue weighted by Crippen LogP contribution is 2.34. The van der Waals surface area contributed by atoms with E-state index in [1.807, 2.05) is 6.92 Å². The van der Waals surface area contributed by atoms with Crippen LogP contribution in [0.2, 0.25) is 0 Å². The lowest BCUT2D eigenvalue weighted by Gasteiger charge is -2.12. The highest BCUT2D eigenvalue weighted by atomic mass is 32.2. The van der Waals surface area contributed by atoms with E-state index in [2.05, 4.69) is 15.2 Å². The molecule has 0 saturated heterocycles. The number of aliphatic hydroxyl groups is 1. The van der Waals surface area contributed by atoms with E-state index in [9.17, 15) is 13.2 Å². The zero-order valence-corrected chi connectivity index (χ0v) is 12.9. The Morgan fingerprint density at radius 1 is 1.26 bits per heavy atom. The number of benzene rings is 1. The van der Waals surface area contributed by atoms with Crippen LogP contribution in [0.1, 0.15) is 19.2 Å². The van der Waals surface area contributed by atoms with E-state index >= 15 is 0 Å². The summed E-state index contributed by atoms with van der Waals surface area (Å²) in [6, 6.07) is 6.56. The van der Waals surface area contributed by atoms with Crippen molar-refractivity contribution < 1.29 is 18.3 Å². The molecule has 0 bridgehead atoms. The zero-order valence-electron chi connectivity index (χ0n) is 12.1. The summed E-state index contributed by atoms with van der Waals surface area (Å²) in [5, 5.41) is 16.4. The van der Waals surface area contributed by atoms with Crippen LogP contribution in [0.4, 0.5) is 13.2 Å². The summed E-state index contributed by atoms with van der Waals surface area (Å²) in [6.45, 7) is 1.87. The first kappa shape index (κ1) is 16.0. The topological polar surface area (TPSA) is 63.3 Å². The lowest BCUT2D eigenvalue weighted by Crippen LogP contribution is -2.12. The molecule has 0 amide bonds. The van der Waals surface area contributed by atoms with Gasteiger partial charge in [-0.15, -0.1) is 10.2 Å². The summed E-state index contributed by atoms with van der Waals surface area (Å²) in [5.41, 5.74) is 0.814. The van der Waals surface area contributed by atoms with Gasteiger partial charge in [0.05, 0.1) is 11.0 Å². The van der Waals surface area contributed by atoms with Crippen molar-refractivity contribution in [3.05, 3.63) is 30.1 Å². The van der Waals surface area contributed by atoms with E-state index in [0.717, 1.165) is 4.40 Å². The molecule has 0 radical (unpaired) electrons. The predicted octanol–water partition coefficient (Wildman–Crippen LogP) is 3.16. The van der Waals surface area contributed by atoms with Gasteiger partial charge in [0, 0.05) is 11.9 Å². The molecule has 122 valence electrons. The normalized spacial score (nSPS) is 13.8. The number of rotatable bonds is 4. The van der Waals surface area contributed by atoms with Crippen LogP contribution in [0.5, 0.6) is 0 Å². The number of halogens is 3. The molecule has 1 atom stereocenters. The van der Waals surface area contributed by atoms with E-state index in [4.69, 9.17) is 5.11 Å². The quantitative estimate of drug-likeness (QED) is 0.738. The van der Waals surface area contributed by atoms with Crippen molar-refractivity contribution in [2.75, 3.05) is 6.61 Å². The minimum absolute atomic E-state index is 0.00146. The summed E-state index contributed by atoms with van der Waals surface area (Å²) in [5.74, 6) is -1.07. The zero-order chi connectivity index (χ0) is 16.6. The fraction of sp³-hybridized carbons (Fsp3) is 0.357. The molecule has 3 aromatic rings. The van der Waals surface area contributed by atoms with Gasteiger partial charge in [-0.05, 0) is 18.6 Å². The minimum Gasteiger partial charge on any atom is -0.396 e. The number of para-hydroxylation sites is 2. The predicted molar refractivity (Wildman–Crippen MR) is 80.3 cm³/mol. The Morgan fingerprint density at radius 3 is 2.70 bits per heavy atom. The highest BCUT2D eigenvalue weighted by Gasteiger charge is 2.38. The van der Waals surface area contributed by atoms with Crippen LogP contribution < -0.4 is 0 Å². The van der Waals surface area contributed by atoms with E-state index in [1.165, 1.54) is 11.8 Å². The molecule has 1 unspecified atom stereocenters. The third-order valence-corrected chi connectivity index (χ3v) is 4.44. The molecule has 2 aromatic heterocycles. The first-order valence-corrected chi connectivity index (χ1v) is 7.78. The third kappa shape index (κ3) is 2.98. The summed E-state index contributed by atoms with van der Waals surface area (Å²) >= 11 is 1.27. The Balaban J connectivity index is 2.26. The molecule has 0 aliphatic heterocycles. The largest absolute Gasteiger partial charge is 0.452 e. The lowest BCUT2D eigenvalue weighted by atomic mass is 10.3. The van der Waals surface area contributed by atoms with Gasteiger partial charge < -0.3 is 5.11 Å². The van der Waals surface area contributed by atoms with Crippen molar-refractivity contribution in [3.63, 3.8) is 0 Å². The van der Waals surface area contributed by atoms with Gasteiger partial charge in [0.2, 0.25) is 5.82 Å². The molecule has 0 saturated carbocycles. The minimum atomic E-state index is -4.61. The first-order valence-electron chi connectivity index (χ1n) is 6.90. The molecule has 9 heteroatoms. The fourth-order valence-electron chi connectivity index (χ4n) is 2.25. The van der Waals surface area contributed by atoms with Crippen molar-refractivity contribution in [3.8, 4) is 0 Å². The van der Waals surface area contributed by atoms with Crippen LogP contribution in [0.15, 0.2) is 29.3 Å². The van der Waals surface area contributed by atoms with Gasteiger partial charge in [0.15, 0.2) is 5.65 Å². The smallest absolute Gasteiger partial charge is 0.396 e. The molecule has 0 aliphatic carbocycles. The van der Waals surface area contributed by atoms with Crippen LogP contribution in [0.3, 0.4) is 0 Å². The molecule has 0 fully saturated rings. The number of aromatic nitrogens is 4. The molecule has 1 aromatic carbocycles. The Morgan fingerprint density at radius 2 is 2.00 bits per heavy atom. The molecule has 1 N–H and O–H groups in total. The maximum Gasteiger partial charge on any atom is 0.452 e. The van der Waals surface area contributed by atoms with Gasteiger partial charge in [-0.3, -0.25) is 4.40 Å². The summed E-state index contributed by atoms with van der Waals surface area (Å²) in [7, 11) is 0. The van der Waals surface area contributed by atoms with E-state index in [-0.39, 0.29) is 17.5 Å². The van der Waals surface area contributed by atoms with Gasteiger partial charge >= 0.3 is 6.18 Å². The van der Waals surface area contributed by atoms with E-state index < -0.39 is 12.0 Å². The fourth-order valence-corrected chi connectivity index (χ4v) is 3.25. The van der Waals surface area contributed by atoms with Crippen LogP contribution in [0.25, 0.3) is 16.7 Å². The molecule has 5 nitrogen and oxygen atoms in total. The summed E-state index contributed by atoms with van der Waals surface area (Å²) in [6.07, 6.45) is -4.10. The van der Waals surface area contributed by atoms with Crippen molar-refractivity contribution in [2.45, 2.75) is 29.8 Å². The van der Waals surface area contributed by atoms with Crippen molar-refractivity contribution in [1.29, 1.82) is 0 Å². The number of aliphatic hydroxyl groups excluding tert-OH is 1. The molecule has 23 heavy (non-hydrogen) atoms. The van der Waals surface area contributed by atoms with E-state index in [1.54, 1.807) is 24.3 Å². The average Bonchev–Trinajstić information content (AvgIpc) is 2.93. The van der Waals surface area contributed by atoms with Gasteiger partial charge in [-0.1, -0.05) is 30.8 Å². The average molecular weight is 342 g/mol. The summed E-state index contributed by atoms with van der Waals surface area (Å²) < 4.78 is 40.6. The molecule has 3 rings (SSSR count). The van der Waals surface area contributed by atoms with Crippen molar-refractivity contribution in [1.82, 2.24) is 19.6 Å². The second-order valence-corrected chi connectivity index (χ2v) is 6.45. The van der Waals surface area contributed by atoms with Crippen LogP contribution in [0, 0.1) is 0 Å². The van der Waals surface area contributed by atoms with Gasteiger partial charge in [0.25, 0.3) is 0 Å². The number of nitrogens with zero attached hydrogens (tertiary/aromatic N) is 4. The maximum atomic E-state index is 13.2. The van der Waals surface area contributed by atoms with Gasteiger partial charge in [0.1, 0.15) is 5.03 Å². The third-order valence-electron chi connectivity index (χ3n) is 3.30. The van der Waals surface area contributed by atoms with Crippen LogP contribution in [-0.4, -0.2) is 36.5 Å². The van der Waals surface area contributed by atoms with Crippen LogP contribution in [-0.2, 0) is 6.18 Å². The number of alkyl halides is 3. The second-order valence-electron chi connectivity index (χ2n) is 5.03. The van der Waals surface area contributed by atoms with E-state index in [0.29, 0.717) is 22.5 Å². The molecule has 2 heterocycles. The molecule has 0 spiro atoms. The standard InChI is InChI=1S/C14H13F3N4OS/c1-8(6-7-22)23-12-11-19-20-13(14(15,16)17)21(11)10-5-3-2-4-9(10)18-12/h2-5,8,22H,6-7H2,1H3. The second kappa shape index (κ2) is 5.97. The monoisotopic (exact) mass is 342 g/mol. The first-order chi connectivity index (χ1) is 10.9. The van der Waals surface area contributed by atoms with Gasteiger partial charge in [-0.2, -0.15) is 13.2 Å². The number of fused-ring (bicyclic) bond motifs is 3. The molecule has 0 aliphatic rings. The Hall–Kier alpha value is -1.87. The number of hydrogen-bond acceptors (Lipinski definition) is 5. The van der Waals surface area contributed by atoms with Crippen LogP contribution >= 0.6 is 11.8 Å². The SMILES string of the molecule is CC(CCO)Sc1nc2ccccc2n2c(C(F)(F)F)nnc12. The molecular formula is C14H13F3N4OS. The Labute approximate surface area is 133 Å². The maximum absolute atomic E-state index is 13.2. The molecular weight excluding hydrogens is 329 g/mol. The van der Waals surface area contributed by atoms with Gasteiger partial charge in [-0.25, -0.2) is 4.98 Å². The van der Waals surface area contributed by atoms with Crippen molar-refractivity contribution >= 4 is 28.4 Å².